The minimum absolute atomic E-state index is 0.328. The maximum Gasteiger partial charge on any atom is 0.0773 e. The third kappa shape index (κ3) is 13.8. The fourth-order valence-electron chi connectivity index (χ4n) is 1.47. The highest BCUT2D eigenvalue weighted by atomic mass is 16.5. The van der Waals surface area contributed by atoms with E-state index in [-0.39, 0.29) is 6.10 Å². The molecule has 104 valence electrons. The normalized spacial score (nSPS) is 12.9. The highest BCUT2D eigenvalue weighted by Crippen LogP contribution is 2.05. The third-order valence-electron chi connectivity index (χ3n) is 2.50. The van der Waals surface area contributed by atoms with E-state index in [0.717, 1.165) is 12.8 Å². The van der Waals surface area contributed by atoms with E-state index in [2.05, 4.69) is 6.92 Å². The van der Waals surface area contributed by atoms with E-state index in [1.807, 2.05) is 0 Å². The summed E-state index contributed by atoms with van der Waals surface area (Å²) in [6, 6.07) is 0. The van der Waals surface area contributed by atoms with Gasteiger partial charge in [-0.2, -0.15) is 0 Å². The minimum Gasteiger partial charge on any atom is -0.391 e. The Balaban J connectivity index is 3.08. The summed E-state index contributed by atoms with van der Waals surface area (Å²) in [6.45, 7) is 4.91. The molecular formula is C13H28O4. The van der Waals surface area contributed by atoms with Gasteiger partial charge in [0.25, 0.3) is 0 Å². The first-order valence-electron chi connectivity index (χ1n) is 6.63. The Morgan fingerprint density at radius 1 is 0.941 bits per heavy atom. The first-order valence-corrected chi connectivity index (χ1v) is 6.63. The number of hydrogen-bond acceptors (Lipinski definition) is 4. The topological polar surface area (TPSA) is 47.9 Å². The molecule has 0 spiro atoms. The van der Waals surface area contributed by atoms with E-state index in [1.165, 1.54) is 19.3 Å². The van der Waals surface area contributed by atoms with Crippen LogP contribution in [0.15, 0.2) is 0 Å². The lowest BCUT2D eigenvalue weighted by Gasteiger charge is -2.11. The van der Waals surface area contributed by atoms with Gasteiger partial charge in [0.15, 0.2) is 0 Å². The fourth-order valence-corrected chi connectivity index (χ4v) is 1.47. The monoisotopic (exact) mass is 248 g/mol. The molecule has 0 bridgehead atoms. The van der Waals surface area contributed by atoms with Crippen LogP contribution >= 0.6 is 0 Å². The van der Waals surface area contributed by atoms with Gasteiger partial charge < -0.3 is 19.3 Å². The van der Waals surface area contributed by atoms with Gasteiger partial charge in [-0.05, 0) is 6.42 Å². The summed E-state index contributed by atoms with van der Waals surface area (Å²) >= 11 is 0. The molecule has 0 aliphatic carbocycles. The molecule has 1 atom stereocenters. The van der Waals surface area contributed by atoms with E-state index in [1.54, 1.807) is 7.11 Å². The summed E-state index contributed by atoms with van der Waals surface area (Å²) in [6.07, 6.45) is 5.28. The molecule has 0 heterocycles. The second-order valence-electron chi connectivity index (χ2n) is 4.18. The van der Waals surface area contributed by atoms with Crippen LogP contribution in [0.2, 0.25) is 0 Å². The smallest absolute Gasteiger partial charge is 0.0773 e. The van der Waals surface area contributed by atoms with Crippen LogP contribution in [0.25, 0.3) is 0 Å². The number of aliphatic hydroxyl groups is 1. The Morgan fingerprint density at radius 3 is 2.35 bits per heavy atom. The summed E-state index contributed by atoms with van der Waals surface area (Å²) in [7, 11) is 1.65. The Hall–Kier alpha value is -0.160. The molecule has 0 amide bonds. The predicted molar refractivity (Wildman–Crippen MR) is 68.3 cm³/mol. The molecule has 4 nitrogen and oxygen atoms in total. The van der Waals surface area contributed by atoms with Crippen molar-refractivity contribution in [1.29, 1.82) is 0 Å². The summed E-state index contributed by atoms with van der Waals surface area (Å²) < 4.78 is 15.4. The van der Waals surface area contributed by atoms with Crippen LogP contribution in [0.5, 0.6) is 0 Å². The maximum absolute atomic E-state index is 9.60. The van der Waals surface area contributed by atoms with Gasteiger partial charge in [0.05, 0.1) is 39.1 Å². The lowest BCUT2D eigenvalue weighted by molar-refractivity contribution is -0.00768. The lowest BCUT2D eigenvalue weighted by Crippen LogP contribution is -2.17. The fraction of sp³-hybridized carbons (Fsp3) is 1.00. The van der Waals surface area contributed by atoms with Gasteiger partial charge >= 0.3 is 0 Å². The Morgan fingerprint density at radius 2 is 1.65 bits per heavy atom. The van der Waals surface area contributed by atoms with Crippen molar-refractivity contribution in [3.05, 3.63) is 0 Å². The van der Waals surface area contributed by atoms with Crippen molar-refractivity contribution in [1.82, 2.24) is 0 Å². The van der Waals surface area contributed by atoms with Crippen LogP contribution in [-0.4, -0.2) is 51.4 Å². The minimum atomic E-state index is -0.328. The number of hydrogen-bond donors (Lipinski definition) is 1. The SMILES string of the molecule is CCCCCCC(O)COCCOCCOC. The highest BCUT2D eigenvalue weighted by molar-refractivity contribution is 4.54. The molecule has 1 unspecified atom stereocenters. The molecule has 0 aliphatic rings. The first kappa shape index (κ1) is 16.8. The van der Waals surface area contributed by atoms with Gasteiger partial charge in [-0.1, -0.05) is 32.6 Å². The molecule has 0 radical (unpaired) electrons. The Labute approximate surface area is 105 Å². The van der Waals surface area contributed by atoms with Crippen molar-refractivity contribution in [3.63, 3.8) is 0 Å². The summed E-state index contributed by atoms with van der Waals surface area (Å²) in [4.78, 5) is 0. The lowest BCUT2D eigenvalue weighted by atomic mass is 10.1. The number of methoxy groups -OCH3 is 1. The second-order valence-corrected chi connectivity index (χ2v) is 4.18. The summed E-state index contributed by atoms with van der Waals surface area (Å²) in [5.74, 6) is 0. The van der Waals surface area contributed by atoms with Crippen molar-refractivity contribution in [3.8, 4) is 0 Å². The van der Waals surface area contributed by atoms with Gasteiger partial charge in [0.1, 0.15) is 0 Å². The standard InChI is InChI=1S/C13H28O4/c1-3-4-5-6-7-13(14)12-17-11-10-16-9-8-15-2/h13-14H,3-12H2,1-2H3. The van der Waals surface area contributed by atoms with Gasteiger partial charge in [-0.15, -0.1) is 0 Å². The quantitative estimate of drug-likeness (QED) is 0.506. The molecule has 0 saturated heterocycles. The maximum atomic E-state index is 9.60. The molecule has 1 N–H and O–H groups in total. The Bertz CT molecular complexity index is 141. The van der Waals surface area contributed by atoms with Crippen molar-refractivity contribution in [2.24, 2.45) is 0 Å². The van der Waals surface area contributed by atoms with Crippen LogP contribution in [0.1, 0.15) is 39.0 Å². The van der Waals surface area contributed by atoms with E-state index in [9.17, 15) is 5.11 Å². The molecule has 0 rings (SSSR count). The van der Waals surface area contributed by atoms with Gasteiger partial charge in [0.2, 0.25) is 0 Å². The van der Waals surface area contributed by atoms with Crippen LogP contribution in [0.3, 0.4) is 0 Å². The van der Waals surface area contributed by atoms with Crippen molar-refractivity contribution >= 4 is 0 Å². The van der Waals surface area contributed by atoms with E-state index in [0.29, 0.717) is 33.0 Å². The van der Waals surface area contributed by atoms with Crippen LogP contribution in [0.4, 0.5) is 0 Å². The van der Waals surface area contributed by atoms with E-state index in [4.69, 9.17) is 14.2 Å². The molecule has 0 aromatic heterocycles. The van der Waals surface area contributed by atoms with Crippen molar-refractivity contribution in [2.75, 3.05) is 40.1 Å². The Kier molecular flexibility index (Phi) is 13.8. The largest absolute Gasteiger partial charge is 0.391 e. The summed E-state index contributed by atoms with van der Waals surface area (Å²) in [5, 5.41) is 9.60. The average Bonchev–Trinajstić information content (AvgIpc) is 2.33. The third-order valence-corrected chi connectivity index (χ3v) is 2.50. The molecule has 0 fully saturated rings. The first-order chi connectivity index (χ1) is 8.31. The zero-order valence-electron chi connectivity index (χ0n) is 11.3. The molecule has 17 heavy (non-hydrogen) atoms. The van der Waals surface area contributed by atoms with Crippen LogP contribution in [-0.2, 0) is 14.2 Å². The van der Waals surface area contributed by atoms with Gasteiger partial charge in [-0.3, -0.25) is 0 Å². The number of ether oxygens (including phenoxy) is 3. The van der Waals surface area contributed by atoms with Gasteiger partial charge in [0, 0.05) is 7.11 Å². The zero-order chi connectivity index (χ0) is 12.8. The average molecular weight is 248 g/mol. The van der Waals surface area contributed by atoms with Crippen molar-refractivity contribution < 1.29 is 19.3 Å². The molecule has 0 saturated carbocycles. The van der Waals surface area contributed by atoms with Gasteiger partial charge in [-0.25, -0.2) is 0 Å². The van der Waals surface area contributed by atoms with E-state index >= 15 is 0 Å². The predicted octanol–water partition coefficient (Wildman–Crippen LogP) is 2.00. The highest BCUT2D eigenvalue weighted by Gasteiger charge is 2.03. The van der Waals surface area contributed by atoms with Crippen molar-refractivity contribution in [2.45, 2.75) is 45.1 Å². The molecule has 0 aromatic rings. The number of aliphatic hydroxyl groups excluding tert-OH is 1. The van der Waals surface area contributed by atoms with Crippen LogP contribution in [0, 0.1) is 0 Å². The number of rotatable bonds is 13. The zero-order valence-corrected chi connectivity index (χ0v) is 11.3. The summed E-state index contributed by atoms with van der Waals surface area (Å²) in [5.41, 5.74) is 0. The molecule has 0 aliphatic heterocycles. The second kappa shape index (κ2) is 13.9. The molecule has 0 aromatic carbocycles. The van der Waals surface area contributed by atoms with Crippen LogP contribution < -0.4 is 0 Å². The molecule has 4 heteroatoms. The molecular weight excluding hydrogens is 220 g/mol. The van der Waals surface area contributed by atoms with E-state index < -0.39 is 0 Å². The number of unbranched alkanes of at least 4 members (excludes halogenated alkanes) is 3.